The van der Waals surface area contributed by atoms with Crippen molar-refractivity contribution in [1.82, 2.24) is 9.80 Å². The van der Waals surface area contributed by atoms with Crippen molar-refractivity contribution >= 4 is 11.9 Å². The van der Waals surface area contributed by atoms with E-state index in [1.807, 2.05) is 4.90 Å². The number of aliphatic carboxylic acids is 1. The number of likely N-dealkylation sites (tertiary alicyclic amines) is 2. The molecule has 0 radical (unpaired) electrons. The van der Waals surface area contributed by atoms with Crippen molar-refractivity contribution in [3.8, 4) is 0 Å². The Kier molecular flexibility index (Phi) is 3.90. The Morgan fingerprint density at radius 3 is 2.61 bits per heavy atom. The Labute approximate surface area is 108 Å². The minimum absolute atomic E-state index is 0.0798. The first-order valence-corrected chi connectivity index (χ1v) is 6.78. The van der Waals surface area contributed by atoms with Gasteiger partial charge >= 0.3 is 5.97 Å². The predicted molar refractivity (Wildman–Crippen MR) is 67.2 cm³/mol. The van der Waals surface area contributed by atoms with Crippen LogP contribution in [0.5, 0.6) is 0 Å². The second-order valence-electron chi connectivity index (χ2n) is 5.45. The molecule has 3 unspecified atom stereocenters. The highest BCUT2D eigenvalue weighted by atomic mass is 16.4. The van der Waals surface area contributed by atoms with Crippen LogP contribution in [0.2, 0.25) is 0 Å². The van der Waals surface area contributed by atoms with Gasteiger partial charge in [0.05, 0.1) is 6.04 Å². The second kappa shape index (κ2) is 5.26. The molecule has 3 atom stereocenters. The molecule has 102 valence electrons. The summed E-state index contributed by atoms with van der Waals surface area (Å²) in [5.41, 5.74) is 0. The summed E-state index contributed by atoms with van der Waals surface area (Å²) in [4.78, 5) is 27.0. The molecule has 0 aromatic heterocycles. The van der Waals surface area contributed by atoms with E-state index in [2.05, 4.69) is 6.92 Å². The summed E-state index contributed by atoms with van der Waals surface area (Å²) < 4.78 is 0. The van der Waals surface area contributed by atoms with Gasteiger partial charge in [-0.2, -0.15) is 0 Å². The number of carbonyl (C=O) groups excluding carboxylic acids is 1. The minimum atomic E-state index is -0.782. The second-order valence-corrected chi connectivity index (χ2v) is 5.45. The van der Waals surface area contributed by atoms with Gasteiger partial charge in [0, 0.05) is 20.1 Å². The summed E-state index contributed by atoms with van der Waals surface area (Å²) in [6.07, 6.45) is 3.47. The number of carboxylic acids is 1. The summed E-state index contributed by atoms with van der Waals surface area (Å²) in [6.45, 7) is 3.58. The molecule has 0 bridgehead atoms. The molecule has 2 aliphatic heterocycles. The Hall–Kier alpha value is -1.10. The number of rotatable bonds is 3. The largest absolute Gasteiger partial charge is 0.480 e. The van der Waals surface area contributed by atoms with Crippen LogP contribution in [0.4, 0.5) is 0 Å². The van der Waals surface area contributed by atoms with E-state index in [9.17, 15) is 14.7 Å². The first kappa shape index (κ1) is 13.3. The molecule has 5 heteroatoms. The molecular formula is C13H22N2O3. The number of amides is 1. The number of hydrogen-bond donors (Lipinski definition) is 1. The predicted octanol–water partition coefficient (Wildman–Crippen LogP) is 0.792. The van der Waals surface area contributed by atoms with E-state index in [0.717, 1.165) is 32.4 Å². The van der Waals surface area contributed by atoms with Crippen molar-refractivity contribution < 1.29 is 14.7 Å². The van der Waals surface area contributed by atoms with E-state index in [1.54, 1.807) is 11.9 Å². The van der Waals surface area contributed by atoms with Crippen molar-refractivity contribution in [2.45, 2.75) is 44.7 Å². The zero-order chi connectivity index (χ0) is 13.3. The Balaban J connectivity index is 2.11. The minimum Gasteiger partial charge on any atom is -0.480 e. The normalized spacial score (nSPS) is 34.0. The van der Waals surface area contributed by atoms with Crippen molar-refractivity contribution in [3.63, 3.8) is 0 Å². The van der Waals surface area contributed by atoms with E-state index < -0.39 is 12.0 Å². The molecule has 1 amide bonds. The molecular weight excluding hydrogens is 232 g/mol. The van der Waals surface area contributed by atoms with Crippen LogP contribution >= 0.6 is 0 Å². The first-order chi connectivity index (χ1) is 8.54. The average molecular weight is 254 g/mol. The summed E-state index contributed by atoms with van der Waals surface area (Å²) >= 11 is 0. The molecule has 2 fully saturated rings. The maximum atomic E-state index is 12.0. The topological polar surface area (TPSA) is 60.9 Å². The van der Waals surface area contributed by atoms with Gasteiger partial charge in [0.15, 0.2) is 0 Å². The summed E-state index contributed by atoms with van der Waals surface area (Å²) in [6, 6.07) is -0.696. The fourth-order valence-electron chi connectivity index (χ4n) is 3.15. The van der Waals surface area contributed by atoms with Gasteiger partial charge in [0.1, 0.15) is 6.04 Å². The Morgan fingerprint density at radius 2 is 2.11 bits per heavy atom. The van der Waals surface area contributed by atoms with Crippen LogP contribution in [0.1, 0.15) is 32.6 Å². The van der Waals surface area contributed by atoms with Gasteiger partial charge < -0.3 is 10.0 Å². The lowest BCUT2D eigenvalue weighted by Gasteiger charge is -2.39. The van der Waals surface area contributed by atoms with Crippen LogP contribution in [0.25, 0.3) is 0 Å². The fourth-order valence-corrected chi connectivity index (χ4v) is 3.15. The number of carbonyl (C=O) groups is 2. The molecule has 2 heterocycles. The van der Waals surface area contributed by atoms with Crippen LogP contribution in [0, 0.1) is 5.92 Å². The number of carboxylic acid groups (broad SMARTS) is 1. The Bertz CT molecular complexity index is 345. The molecule has 18 heavy (non-hydrogen) atoms. The number of likely N-dealkylation sites (N-methyl/N-ethyl adjacent to an activating group) is 1. The smallest absolute Gasteiger partial charge is 0.320 e. The lowest BCUT2D eigenvalue weighted by atomic mass is 9.87. The van der Waals surface area contributed by atoms with E-state index in [4.69, 9.17) is 0 Å². The van der Waals surface area contributed by atoms with E-state index in [1.165, 1.54) is 0 Å². The standard InChI is InChI=1S/C13H22N2O3/c1-3-9-4-7-15(11(8-9)13(17)18)10-5-6-14(2)12(10)16/h9-11H,3-8H2,1-2H3,(H,17,18). The number of nitrogens with zero attached hydrogens (tertiary/aromatic N) is 2. The van der Waals surface area contributed by atoms with E-state index >= 15 is 0 Å². The molecule has 1 N–H and O–H groups in total. The molecule has 2 aliphatic rings. The highest BCUT2D eigenvalue weighted by Crippen LogP contribution is 2.30. The summed E-state index contributed by atoms with van der Waals surface area (Å²) in [5.74, 6) is -0.219. The van der Waals surface area contributed by atoms with Gasteiger partial charge in [0.2, 0.25) is 5.91 Å². The fraction of sp³-hybridized carbons (Fsp3) is 0.846. The molecule has 0 aromatic carbocycles. The number of hydrogen-bond acceptors (Lipinski definition) is 3. The third-order valence-electron chi connectivity index (χ3n) is 4.41. The van der Waals surface area contributed by atoms with Gasteiger partial charge in [0.25, 0.3) is 0 Å². The van der Waals surface area contributed by atoms with Gasteiger partial charge in [-0.15, -0.1) is 0 Å². The van der Waals surface area contributed by atoms with E-state index in [0.29, 0.717) is 12.3 Å². The number of piperidine rings is 1. The lowest BCUT2D eigenvalue weighted by Crippen LogP contribution is -2.54. The highest BCUT2D eigenvalue weighted by molar-refractivity contribution is 5.85. The van der Waals surface area contributed by atoms with Gasteiger partial charge in [-0.05, 0) is 25.2 Å². The van der Waals surface area contributed by atoms with Crippen LogP contribution in [-0.4, -0.2) is 59.0 Å². The third-order valence-corrected chi connectivity index (χ3v) is 4.41. The molecule has 2 saturated heterocycles. The molecule has 0 aromatic rings. The quantitative estimate of drug-likeness (QED) is 0.809. The van der Waals surface area contributed by atoms with Crippen molar-refractivity contribution in [2.24, 2.45) is 5.92 Å². The monoisotopic (exact) mass is 254 g/mol. The molecule has 0 saturated carbocycles. The van der Waals surface area contributed by atoms with Gasteiger partial charge in [-0.1, -0.05) is 13.3 Å². The average Bonchev–Trinajstić information content (AvgIpc) is 2.69. The van der Waals surface area contributed by atoms with Crippen LogP contribution < -0.4 is 0 Å². The molecule has 0 spiro atoms. The third kappa shape index (κ3) is 2.36. The summed E-state index contributed by atoms with van der Waals surface area (Å²) in [7, 11) is 1.79. The molecule has 0 aliphatic carbocycles. The van der Waals surface area contributed by atoms with Crippen molar-refractivity contribution in [2.75, 3.05) is 20.1 Å². The zero-order valence-corrected chi connectivity index (χ0v) is 11.1. The summed E-state index contributed by atoms with van der Waals surface area (Å²) in [5, 5.41) is 9.37. The Morgan fingerprint density at radius 1 is 1.39 bits per heavy atom. The zero-order valence-electron chi connectivity index (χ0n) is 11.1. The van der Waals surface area contributed by atoms with Gasteiger partial charge in [-0.3, -0.25) is 14.5 Å². The molecule has 5 nitrogen and oxygen atoms in total. The molecule has 2 rings (SSSR count). The van der Waals surface area contributed by atoms with Crippen molar-refractivity contribution in [1.29, 1.82) is 0 Å². The highest BCUT2D eigenvalue weighted by Gasteiger charge is 2.42. The van der Waals surface area contributed by atoms with E-state index in [-0.39, 0.29) is 11.9 Å². The van der Waals surface area contributed by atoms with Crippen molar-refractivity contribution in [3.05, 3.63) is 0 Å². The SMILES string of the molecule is CCC1CCN(C2CCN(C)C2=O)C(C(=O)O)C1. The van der Waals surface area contributed by atoms with Crippen LogP contribution in [-0.2, 0) is 9.59 Å². The maximum absolute atomic E-state index is 12.0. The van der Waals surface area contributed by atoms with Gasteiger partial charge in [-0.25, -0.2) is 0 Å². The lowest BCUT2D eigenvalue weighted by molar-refractivity contribution is -0.148. The maximum Gasteiger partial charge on any atom is 0.320 e. The van der Waals surface area contributed by atoms with Crippen LogP contribution in [0.3, 0.4) is 0 Å². The van der Waals surface area contributed by atoms with Crippen LogP contribution in [0.15, 0.2) is 0 Å². The first-order valence-electron chi connectivity index (χ1n) is 6.78.